The second kappa shape index (κ2) is 8.06. The molecule has 0 saturated heterocycles. The van der Waals surface area contributed by atoms with Crippen LogP contribution in [-0.2, 0) is 4.79 Å². The van der Waals surface area contributed by atoms with Crippen molar-refractivity contribution in [3.05, 3.63) is 47.8 Å². The Balaban J connectivity index is 1.62. The monoisotopic (exact) mass is 447 g/mol. The molecule has 160 valence electrons. The summed E-state index contributed by atoms with van der Waals surface area (Å²) in [4.78, 5) is 36.3. The number of thiazole rings is 1. The minimum Gasteiger partial charge on any atom is -0.324 e. The van der Waals surface area contributed by atoms with Gasteiger partial charge in [-0.05, 0) is 38.0 Å². The number of nitrogens with one attached hydrogen (secondary N) is 2. The molecule has 31 heavy (non-hydrogen) atoms. The van der Waals surface area contributed by atoms with Crippen molar-refractivity contribution in [2.45, 2.75) is 31.9 Å². The number of hydrogen-bond acceptors (Lipinski definition) is 7. The van der Waals surface area contributed by atoms with Crippen LogP contribution in [0.2, 0.25) is 0 Å². The van der Waals surface area contributed by atoms with Gasteiger partial charge in [0.2, 0.25) is 5.95 Å². The number of hydrogen-bond donors (Lipinski definition) is 2. The van der Waals surface area contributed by atoms with Crippen molar-refractivity contribution >= 4 is 39.8 Å². The fourth-order valence-corrected chi connectivity index (χ4v) is 3.88. The molecule has 11 heteroatoms. The van der Waals surface area contributed by atoms with Crippen molar-refractivity contribution in [1.82, 2.24) is 15.0 Å². The van der Waals surface area contributed by atoms with E-state index in [2.05, 4.69) is 20.3 Å². The van der Waals surface area contributed by atoms with Gasteiger partial charge in [0.15, 0.2) is 10.9 Å². The Kier molecular flexibility index (Phi) is 5.44. The highest BCUT2D eigenvalue weighted by Crippen LogP contribution is 2.47. The van der Waals surface area contributed by atoms with Crippen molar-refractivity contribution in [3.63, 3.8) is 0 Å². The van der Waals surface area contributed by atoms with Gasteiger partial charge in [-0.15, -0.1) is 0 Å². The van der Waals surface area contributed by atoms with Crippen LogP contribution in [-0.4, -0.2) is 32.8 Å². The van der Waals surface area contributed by atoms with E-state index >= 15 is 0 Å². The van der Waals surface area contributed by atoms with Crippen LogP contribution in [0, 0.1) is 0 Å². The molecule has 0 atom stereocenters. The highest BCUT2D eigenvalue weighted by molar-refractivity contribution is 7.19. The SMILES string of the molecule is CC(=O)c1cccc(Nc2nccc(-c3sc(NC(=O)C(F)(F)F)nc3C3CC3)n2)c1. The number of amides is 1. The molecule has 0 spiro atoms. The molecule has 4 rings (SSSR count). The number of halogens is 3. The Morgan fingerprint density at radius 1 is 1.16 bits per heavy atom. The van der Waals surface area contributed by atoms with Crippen molar-refractivity contribution < 1.29 is 22.8 Å². The van der Waals surface area contributed by atoms with Gasteiger partial charge in [-0.2, -0.15) is 13.2 Å². The van der Waals surface area contributed by atoms with E-state index in [0.29, 0.717) is 27.5 Å². The smallest absolute Gasteiger partial charge is 0.324 e. The van der Waals surface area contributed by atoms with Crippen LogP contribution >= 0.6 is 11.3 Å². The zero-order chi connectivity index (χ0) is 22.2. The molecule has 0 bridgehead atoms. The molecule has 2 N–H and O–H groups in total. The topological polar surface area (TPSA) is 96.9 Å². The Morgan fingerprint density at radius 3 is 2.61 bits per heavy atom. The lowest BCUT2D eigenvalue weighted by molar-refractivity contribution is -0.167. The molecule has 1 saturated carbocycles. The van der Waals surface area contributed by atoms with E-state index in [0.717, 1.165) is 24.2 Å². The van der Waals surface area contributed by atoms with Crippen LogP contribution in [0.25, 0.3) is 10.6 Å². The van der Waals surface area contributed by atoms with Crippen molar-refractivity contribution in [2.75, 3.05) is 10.6 Å². The molecular formula is C20H16F3N5O2S. The Bertz CT molecular complexity index is 1160. The summed E-state index contributed by atoms with van der Waals surface area (Å²) in [5.74, 6) is -1.76. The van der Waals surface area contributed by atoms with E-state index in [1.165, 1.54) is 13.1 Å². The molecule has 0 unspecified atom stereocenters. The second-order valence-electron chi connectivity index (χ2n) is 6.99. The highest BCUT2D eigenvalue weighted by atomic mass is 32.1. The minimum absolute atomic E-state index is 0.0783. The van der Waals surface area contributed by atoms with Crippen molar-refractivity contribution in [3.8, 4) is 10.6 Å². The predicted molar refractivity (Wildman–Crippen MR) is 110 cm³/mol. The summed E-state index contributed by atoms with van der Waals surface area (Å²) in [6.07, 6.45) is -1.73. The van der Waals surface area contributed by atoms with Gasteiger partial charge in [-0.3, -0.25) is 14.9 Å². The van der Waals surface area contributed by atoms with Crippen molar-refractivity contribution in [2.24, 2.45) is 0 Å². The third-order valence-electron chi connectivity index (χ3n) is 4.51. The van der Waals surface area contributed by atoms with Gasteiger partial charge >= 0.3 is 12.1 Å². The molecule has 1 amide bonds. The molecule has 7 nitrogen and oxygen atoms in total. The molecule has 1 aliphatic rings. The third kappa shape index (κ3) is 4.88. The number of rotatable bonds is 6. The van der Waals surface area contributed by atoms with Gasteiger partial charge in [-0.25, -0.2) is 15.0 Å². The normalized spacial score (nSPS) is 13.7. The van der Waals surface area contributed by atoms with Gasteiger partial charge < -0.3 is 5.32 Å². The molecule has 0 radical (unpaired) electrons. The zero-order valence-corrected chi connectivity index (χ0v) is 17.0. The van der Waals surface area contributed by atoms with Crippen molar-refractivity contribution in [1.29, 1.82) is 0 Å². The lowest BCUT2D eigenvalue weighted by Crippen LogP contribution is -2.29. The van der Waals surface area contributed by atoms with Crippen LogP contribution in [0.5, 0.6) is 0 Å². The number of carbonyl (C=O) groups excluding carboxylic acids is 2. The fourth-order valence-electron chi connectivity index (χ4n) is 2.86. The number of nitrogens with zero attached hydrogens (tertiary/aromatic N) is 3. The minimum atomic E-state index is -4.99. The number of ketones is 1. The zero-order valence-electron chi connectivity index (χ0n) is 16.2. The highest BCUT2D eigenvalue weighted by Gasteiger charge is 2.40. The summed E-state index contributed by atoms with van der Waals surface area (Å²) < 4.78 is 37.8. The number of anilines is 3. The molecule has 2 aromatic heterocycles. The molecule has 3 aromatic rings. The second-order valence-corrected chi connectivity index (χ2v) is 7.99. The van der Waals surface area contributed by atoms with E-state index in [1.807, 2.05) is 5.32 Å². The fraction of sp³-hybridized carbons (Fsp3) is 0.250. The summed E-state index contributed by atoms with van der Waals surface area (Å²) >= 11 is 0.941. The van der Waals surface area contributed by atoms with Gasteiger partial charge in [0.1, 0.15) is 0 Å². The quantitative estimate of drug-likeness (QED) is 0.521. The van der Waals surface area contributed by atoms with E-state index < -0.39 is 12.1 Å². The average molecular weight is 447 g/mol. The number of alkyl halides is 3. The number of Topliss-reactive ketones (excluding diaryl/α,β-unsaturated/α-hetero) is 1. The maximum atomic E-state index is 12.6. The predicted octanol–water partition coefficient (Wildman–Crippen LogP) is 4.92. The lowest BCUT2D eigenvalue weighted by atomic mass is 10.1. The number of carbonyl (C=O) groups is 2. The average Bonchev–Trinajstić information content (AvgIpc) is 3.48. The molecule has 1 aromatic carbocycles. The summed E-state index contributed by atoms with van der Waals surface area (Å²) in [5.41, 5.74) is 2.25. The maximum Gasteiger partial charge on any atom is 0.471 e. The van der Waals surface area contributed by atoms with E-state index in [1.54, 1.807) is 30.3 Å². The van der Waals surface area contributed by atoms with Gasteiger partial charge in [0.25, 0.3) is 0 Å². The van der Waals surface area contributed by atoms with Crippen LogP contribution in [0.4, 0.5) is 29.9 Å². The first-order valence-electron chi connectivity index (χ1n) is 9.31. The molecule has 2 heterocycles. The first-order chi connectivity index (χ1) is 14.7. The van der Waals surface area contributed by atoms with E-state index in [9.17, 15) is 22.8 Å². The summed E-state index contributed by atoms with van der Waals surface area (Å²) in [6.45, 7) is 1.47. The number of aromatic nitrogens is 3. The maximum absolute atomic E-state index is 12.6. The van der Waals surface area contributed by atoms with Gasteiger partial charge in [-0.1, -0.05) is 23.5 Å². The van der Waals surface area contributed by atoms with Crippen LogP contribution in [0.3, 0.4) is 0 Å². The van der Waals surface area contributed by atoms with Crippen LogP contribution in [0.15, 0.2) is 36.5 Å². The molecule has 0 aliphatic heterocycles. The van der Waals surface area contributed by atoms with Crippen LogP contribution in [0.1, 0.15) is 41.7 Å². The first kappa shape index (κ1) is 20.9. The molecule has 1 fully saturated rings. The molecule has 1 aliphatic carbocycles. The third-order valence-corrected chi connectivity index (χ3v) is 5.52. The van der Waals surface area contributed by atoms with E-state index in [4.69, 9.17) is 0 Å². The van der Waals surface area contributed by atoms with Gasteiger partial charge in [0.05, 0.1) is 16.3 Å². The number of benzene rings is 1. The standard InChI is InChI=1S/C20H16F3N5O2S/c1-10(29)12-3-2-4-13(9-12)25-18-24-8-7-14(26-18)16-15(11-5-6-11)27-19(31-16)28-17(30)20(21,22)23/h2-4,7-9,11H,5-6H2,1H3,(H,24,25,26)(H,27,28,30). The van der Waals surface area contributed by atoms with Crippen LogP contribution < -0.4 is 10.6 Å². The summed E-state index contributed by atoms with van der Waals surface area (Å²) in [7, 11) is 0. The first-order valence-corrected chi connectivity index (χ1v) is 10.1. The Labute approximate surface area is 178 Å². The lowest BCUT2D eigenvalue weighted by Gasteiger charge is -2.07. The Hall–Kier alpha value is -3.34. The van der Waals surface area contributed by atoms with Gasteiger partial charge in [0, 0.05) is 23.4 Å². The van der Waals surface area contributed by atoms with E-state index in [-0.39, 0.29) is 22.8 Å². The molecular weight excluding hydrogens is 431 g/mol. The largest absolute Gasteiger partial charge is 0.471 e. The summed E-state index contributed by atoms with van der Waals surface area (Å²) in [6, 6.07) is 8.49. The Morgan fingerprint density at radius 2 is 1.94 bits per heavy atom. The summed E-state index contributed by atoms with van der Waals surface area (Å²) in [5, 5.41) is 4.72.